The summed E-state index contributed by atoms with van der Waals surface area (Å²) in [5.74, 6) is 0.00858. The molecule has 2 amide bonds. The Labute approximate surface area is 166 Å². The summed E-state index contributed by atoms with van der Waals surface area (Å²) < 4.78 is 5.92. The van der Waals surface area contributed by atoms with Crippen molar-refractivity contribution in [1.29, 1.82) is 0 Å². The molecular formula is C17H25N5O3S2. The van der Waals surface area contributed by atoms with E-state index in [0.717, 1.165) is 9.47 Å². The maximum absolute atomic E-state index is 12.2. The number of amides is 2. The molecule has 0 aromatic carbocycles. The first-order valence-corrected chi connectivity index (χ1v) is 11.1. The summed E-state index contributed by atoms with van der Waals surface area (Å²) in [5.41, 5.74) is 1.01. The van der Waals surface area contributed by atoms with E-state index in [0.29, 0.717) is 23.1 Å². The van der Waals surface area contributed by atoms with Crippen LogP contribution in [0.2, 0.25) is 0 Å². The first-order chi connectivity index (χ1) is 13.1. The number of thioether (sulfide) groups is 1. The first-order valence-electron chi connectivity index (χ1n) is 9.27. The number of nitrogens with one attached hydrogen (secondary N) is 3. The summed E-state index contributed by atoms with van der Waals surface area (Å²) in [7, 11) is 0. The van der Waals surface area contributed by atoms with Crippen molar-refractivity contribution in [3.05, 3.63) is 11.3 Å². The highest BCUT2D eigenvalue weighted by Gasteiger charge is 2.29. The van der Waals surface area contributed by atoms with E-state index in [4.69, 9.17) is 4.74 Å². The minimum Gasteiger partial charge on any atom is -0.463 e. The Bertz CT molecular complexity index is 715. The van der Waals surface area contributed by atoms with Gasteiger partial charge in [-0.2, -0.15) is 0 Å². The Morgan fingerprint density at radius 3 is 2.85 bits per heavy atom. The van der Waals surface area contributed by atoms with Crippen molar-refractivity contribution in [3.63, 3.8) is 0 Å². The summed E-state index contributed by atoms with van der Waals surface area (Å²) in [6.45, 7) is 3.82. The van der Waals surface area contributed by atoms with Crippen LogP contribution in [0.4, 0.5) is 9.93 Å². The van der Waals surface area contributed by atoms with Gasteiger partial charge in [-0.25, -0.2) is 9.59 Å². The molecule has 8 nitrogen and oxygen atoms in total. The summed E-state index contributed by atoms with van der Waals surface area (Å²) in [4.78, 5) is 24.0. The molecule has 0 spiro atoms. The van der Waals surface area contributed by atoms with Gasteiger partial charge in [0, 0.05) is 17.5 Å². The maximum Gasteiger partial charge on any atom is 0.337 e. The second kappa shape index (κ2) is 9.41. The maximum atomic E-state index is 12.2. The minimum atomic E-state index is -0.412. The molecule has 1 aliphatic carbocycles. The number of esters is 1. The van der Waals surface area contributed by atoms with Crippen molar-refractivity contribution in [1.82, 2.24) is 20.8 Å². The molecule has 1 aromatic rings. The minimum absolute atomic E-state index is 0.288. The van der Waals surface area contributed by atoms with Crippen LogP contribution in [-0.4, -0.2) is 46.6 Å². The molecule has 2 heterocycles. The van der Waals surface area contributed by atoms with Crippen LogP contribution in [0.5, 0.6) is 0 Å². The number of ether oxygens (including phenoxy) is 1. The van der Waals surface area contributed by atoms with Gasteiger partial charge in [0.05, 0.1) is 18.2 Å². The molecule has 148 valence electrons. The monoisotopic (exact) mass is 411 g/mol. The van der Waals surface area contributed by atoms with Crippen LogP contribution in [0.15, 0.2) is 15.6 Å². The molecule has 3 rings (SSSR count). The van der Waals surface area contributed by atoms with Crippen molar-refractivity contribution in [2.45, 2.75) is 62.4 Å². The quantitative estimate of drug-likeness (QED) is 0.468. The number of carbonyl (C=O) groups excluding carboxylic acids is 2. The molecule has 1 atom stereocenters. The highest BCUT2D eigenvalue weighted by Crippen LogP contribution is 2.30. The highest BCUT2D eigenvalue weighted by molar-refractivity contribution is 8.01. The molecular weight excluding hydrogens is 386 g/mol. The van der Waals surface area contributed by atoms with Crippen LogP contribution < -0.4 is 16.0 Å². The second-order valence-electron chi connectivity index (χ2n) is 6.57. The van der Waals surface area contributed by atoms with E-state index in [1.807, 2.05) is 0 Å². The predicted octanol–water partition coefficient (Wildman–Crippen LogP) is 2.89. The lowest BCUT2D eigenvalue weighted by atomic mass is 9.96. The van der Waals surface area contributed by atoms with Crippen molar-refractivity contribution in [2.75, 3.05) is 17.7 Å². The Morgan fingerprint density at radius 2 is 2.11 bits per heavy atom. The fourth-order valence-corrected chi connectivity index (χ4v) is 5.07. The molecule has 10 heteroatoms. The molecule has 1 aliphatic heterocycles. The van der Waals surface area contributed by atoms with Crippen molar-refractivity contribution in [3.8, 4) is 0 Å². The van der Waals surface area contributed by atoms with Crippen molar-refractivity contribution < 1.29 is 14.3 Å². The van der Waals surface area contributed by atoms with Gasteiger partial charge in [0.2, 0.25) is 5.13 Å². The van der Waals surface area contributed by atoms with Crippen LogP contribution in [0.3, 0.4) is 0 Å². The normalized spacial score (nSPS) is 20.8. The van der Waals surface area contributed by atoms with Gasteiger partial charge in [-0.3, -0.25) is 0 Å². The van der Waals surface area contributed by atoms with E-state index in [1.165, 1.54) is 55.2 Å². The largest absolute Gasteiger partial charge is 0.463 e. The van der Waals surface area contributed by atoms with Gasteiger partial charge in [-0.1, -0.05) is 42.4 Å². The Morgan fingerprint density at radius 1 is 1.33 bits per heavy atom. The van der Waals surface area contributed by atoms with Gasteiger partial charge in [-0.05, 0) is 26.7 Å². The number of carbonyl (C=O) groups is 2. The van der Waals surface area contributed by atoms with Gasteiger partial charge >= 0.3 is 12.0 Å². The fourth-order valence-electron chi connectivity index (χ4n) is 3.28. The molecule has 0 bridgehead atoms. The van der Waals surface area contributed by atoms with E-state index in [9.17, 15) is 9.59 Å². The van der Waals surface area contributed by atoms with Gasteiger partial charge in [0.15, 0.2) is 4.34 Å². The molecule has 1 fully saturated rings. The van der Waals surface area contributed by atoms with Crippen molar-refractivity contribution >= 4 is 40.2 Å². The van der Waals surface area contributed by atoms with Crippen LogP contribution in [0.25, 0.3) is 0 Å². The SMILES string of the molecule is CCOC(=O)C1=C(CSc2nnc(NC3CCCCC3)s2)NC(=O)NC1C. The number of nitrogens with zero attached hydrogens (tertiary/aromatic N) is 2. The second-order valence-corrected chi connectivity index (χ2v) is 8.77. The summed E-state index contributed by atoms with van der Waals surface area (Å²) >= 11 is 2.95. The van der Waals surface area contributed by atoms with Crippen LogP contribution in [0, 0.1) is 0 Å². The van der Waals surface area contributed by atoms with E-state index in [-0.39, 0.29) is 12.6 Å². The third-order valence-electron chi connectivity index (χ3n) is 4.54. The third-order valence-corrected chi connectivity index (χ3v) is 6.56. The van der Waals surface area contributed by atoms with E-state index >= 15 is 0 Å². The van der Waals surface area contributed by atoms with Gasteiger partial charge in [0.25, 0.3) is 0 Å². The molecule has 0 saturated heterocycles. The number of rotatable bonds is 7. The first kappa shape index (κ1) is 19.9. The molecule has 27 heavy (non-hydrogen) atoms. The lowest BCUT2D eigenvalue weighted by Crippen LogP contribution is -2.49. The zero-order valence-electron chi connectivity index (χ0n) is 15.5. The highest BCUT2D eigenvalue weighted by atomic mass is 32.2. The topological polar surface area (TPSA) is 105 Å². The number of hydrogen-bond acceptors (Lipinski definition) is 8. The predicted molar refractivity (Wildman–Crippen MR) is 106 cm³/mol. The van der Waals surface area contributed by atoms with E-state index < -0.39 is 12.0 Å². The Kier molecular flexibility index (Phi) is 6.95. The molecule has 1 unspecified atom stereocenters. The van der Waals surface area contributed by atoms with E-state index in [2.05, 4.69) is 26.1 Å². The third kappa shape index (κ3) is 5.35. The van der Waals surface area contributed by atoms with Gasteiger partial charge in [-0.15, -0.1) is 10.2 Å². The number of anilines is 1. The number of aromatic nitrogens is 2. The molecule has 1 aromatic heterocycles. The molecule has 3 N–H and O–H groups in total. The molecule has 0 radical (unpaired) electrons. The lowest BCUT2D eigenvalue weighted by Gasteiger charge is -2.26. The van der Waals surface area contributed by atoms with Crippen molar-refractivity contribution in [2.24, 2.45) is 0 Å². The summed E-state index contributed by atoms with van der Waals surface area (Å²) in [6, 6.07) is -0.235. The zero-order valence-corrected chi connectivity index (χ0v) is 17.2. The van der Waals surface area contributed by atoms with Crippen LogP contribution >= 0.6 is 23.1 Å². The van der Waals surface area contributed by atoms with Gasteiger partial charge in [0.1, 0.15) is 0 Å². The standard InChI is InChI=1S/C17H25N5O3S2/c1-3-25-14(23)13-10(2)18-15(24)20-12(13)9-26-17-22-21-16(27-17)19-11-7-5-4-6-8-11/h10-11H,3-9H2,1-2H3,(H,19,21)(H2,18,20,24). The zero-order chi connectivity index (χ0) is 19.2. The average Bonchev–Trinajstić information content (AvgIpc) is 3.08. The summed E-state index contributed by atoms with van der Waals surface area (Å²) in [6.07, 6.45) is 6.18. The summed E-state index contributed by atoms with van der Waals surface area (Å²) in [5, 5.41) is 18.1. The fraction of sp³-hybridized carbons (Fsp3) is 0.647. The van der Waals surface area contributed by atoms with Crippen LogP contribution in [-0.2, 0) is 9.53 Å². The average molecular weight is 412 g/mol. The molecule has 1 saturated carbocycles. The Hall–Kier alpha value is -1.81. The molecule has 2 aliphatic rings. The lowest BCUT2D eigenvalue weighted by molar-refractivity contribution is -0.138. The van der Waals surface area contributed by atoms with Gasteiger partial charge < -0.3 is 20.7 Å². The Balaban J connectivity index is 1.63. The number of hydrogen-bond donors (Lipinski definition) is 3. The smallest absolute Gasteiger partial charge is 0.337 e. The van der Waals surface area contributed by atoms with E-state index in [1.54, 1.807) is 13.8 Å². The number of urea groups is 1. The van der Waals surface area contributed by atoms with Crippen LogP contribution in [0.1, 0.15) is 46.0 Å².